The summed E-state index contributed by atoms with van der Waals surface area (Å²) in [4.78, 5) is 0. The molecule has 0 aromatic heterocycles. The second kappa shape index (κ2) is 4.59. The number of halogens is 2. The zero-order valence-corrected chi connectivity index (χ0v) is 8.35. The highest BCUT2D eigenvalue weighted by Gasteiger charge is 2.18. The molecule has 0 amide bonds. The highest BCUT2D eigenvalue weighted by molar-refractivity contribution is 6.31. The summed E-state index contributed by atoms with van der Waals surface area (Å²) in [5.74, 6) is -1.39. The second-order valence-corrected chi connectivity index (χ2v) is 3.27. The van der Waals surface area contributed by atoms with E-state index in [4.69, 9.17) is 11.6 Å². The minimum absolute atomic E-state index is 0.0148. The molecule has 0 saturated heterocycles. The number of rotatable bonds is 3. The number of aromatic hydroxyl groups is 1. The Hall–Kier alpha value is -0.840. The third-order valence-electron chi connectivity index (χ3n) is 1.85. The van der Waals surface area contributed by atoms with Crippen LogP contribution < -0.4 is 5.32 Å². The van der Waals surface area contributed by atoms with E-state index in [9.17, 15) is 14.6 Å². The Bertz CT molecular complexity index is 333. The number of phenols is 1. The molecule has 0 aliphatic rings. The summed E-state index contributed by atoms with van der Waals surface area (Å²) < 4.78 is 12.9. The van der Waals surface area contributed by atoms with Gasteiger partial charge in [0.2, 0.25) is 0 Å². The van der Waals surface area contributed by atoms with E-state index in [2.05, 4.69) is 5.32 Å². The normalized spacial score (nSPS) is 12.9. The van der Waals surface area contributed by atoms with Gasteiger partial charge in [-0.15, -0.1) is 0 Å². The van der Waals surface area contributed by atoms with E-state index < -0.39 is 17.7 Å². The van der Waals surface area contributed by atoms with Crippen LogP contribution in [-0.4, -0.2) is 23.8 Å². The first-order valence-corrected chi connectivity index (χ1v) is 4.45. The first-order chi connectivity index (χ1) is 6.57. The van der Waals surface area contributed by atoms with Crippen molar-refractivity contribution in [2.45, 2.75) is 6.10 Å². The van der Waals surface area contributed by atoms with Gasteiger partial charge >= 0.3 is 0 Å². The van der Waals surface area contributed by atoms with Crippen molar-refractivity contribution >= 4 is 11.6 Å². The SMILES string of the molecule is CNCC(O)c1c(Cl)ccc(F)c1O. The maximum absolute atomic E-state index is 12.9. The number of likely N-dealkylation sites (N-methyl/N-ethyl adjacent to an activating group) is 1. The Morgan fingerprint density at radius 3 is 2.79 bits per heavy atom. The van der Waals surface area contributed by atoms with E-state index in [1.807, 2.05) is 0 Å². The Balaban J connectivity index is 3.11. The Morgan fingerprint density at radius 2 is 2.21 bits per heavy atom. The zero-order valence-electron chi connectivity index (χ0n) is 7.59. The molecule has 78 valence electrons. The van der Waals surface area contributed by atoms with Crippen molar-refractivity contribution in [3.05, 3.63) is 28.5 Å². The second-order valence-electron chi connectivity index (χ2n) is 2.86. The van der Waals surface area contributed by atoms with Crippen LogP contribution in [0.1, 0.15) is 11.7 Å². The average molecular weight is 220 g/mol. The average Bonchev–Trinajstić information content (AvgIpc) is 2.13. The highest BCUT2D eigenvalue weighted by atomic mass is 35.5. The van der Waals surface area contributed by atoms with Crippen LogP contribution in [0.5, 0.6) is 5.75 Å². The van der Waals surface area contributed by atoms with Crippen molar-refractivity contribution in [3.63, 3.8) is 0 Å². The fraction of sp³-hybridized carbons (Fsp3) is 0.333. The molecule has 0 aliphatic heterocycles. The molecule has 0 fully saturated rings. The van der Waals surface area contributed by atoms with Crippen LogP contribution in [0, 0.1) is 5.82 Å². The van der Waals surface area contributed by atoms with Crippen LogP contribution in [0.4, 0.5) is 4.39 Å². The molecule has 0 bridgehead atoms. The largest absolute Gasteiger partial charge is 0.505 e. The molecule has 14 heavy (non-hydrogen) atoms. The van der Waals surface area contributed by atoms with E-state index in [0.717, 1.165) is 6.07 Å². The highest BCUT2D eigenvalue weighted by Crippen LogP contribution is 2.33. The van der Waals surface area contributed by atoms with Crippen molar-refractivity contribution in [1.82, 2.24) is 5.32 Å². The maximum Gasteiger partial charge on any atom is 0.165 e. The molecule has 0 radical (unpaired) electrons. The lowest BCUT2D eigenvalue weighted by molar-refractivity contribution is 0.173. The van der Waals surface area contributed by atoms with Crippen molar-refractivity contribution in [2.24, 2.45) is 0 Å². The lowest BCUT2D eigenvalue weighted by atomic mass is 10.1. The number of phenolic OH excluding ortho intramolecular Hbond substituents is 1. The smallest absolute Gasteiger partial charge is 0.165 e. The lowest BCUT2D eigenvalue weighted by Crippen LogP contribution is -2.17. The van der Waals surface area contributed by atoms with Gasteiger partial charge in [0, 0.05) is 12.1 Å². The van der Waals surface area contributed by atoms with Crippen molar-refractivity contribution in [2.75, 3.05) is 13.6 Å². The lowest BCUT2D eigenvalue weighted by Gasteiger charge is -2.13. The molecule has 1 unspecified atom stereocenters. The molecule has 0 heterocycles. The predicted octanol–water partition coefficient (Wildman–Crippen LogP) is 1.44. The number of aliphatic hydroxyl groups excluding tert-OH is 1. The van der Waals surface area contributed by atoms with E-state index >= 15 is 0 Å². The molecule has 0 aliphatic carbocycles. The number of hydrogen-bond acceptors (Lipinski definition) is 3. The van der Waals surface area contributed by atoms with E-state index in [-0.39, 0.29) is 17.1 Å². The van der Waals surface area contributed by atoms with Crippen LogP contribution in [0.3, 0.4) is 0 Å². The summed E-state index contributed by atoms with van der Waals surface area (Å²) in [6.07, 6.45) is -1.02. The molecule has 5 heteroatoms. The molecule has 1 atom stereocenters. The number of benzene rings is 1. The zero-order chi connectivity index (χ0) is 10.7. The predicted molar refractivity (Wildman–Crippen MR) is 52.0 cm³/mol. The van der Waals surface area contributed by atoms with E-state index in [1.54, 1.807) is 7.05 Å². The Kier molecular flexibility index (Phi) is 3.69. The van der Waals surface area contributed by atoms with Crippen LogP contribution in [0.15, 0.2) is 12.1 Å². The van der Waals surface area contributed by atoms with Crippen molar-refractivity contribution in [3.8, 4) is 5.75 Å². The minimum Gasteiger partial charge on any atom is -0.505 e. The first kappa shape index (κ1) is 11.2. The quantitative estimate of drug-likeness (QED) is 0.721. The number of nitrogens with one attached hydrogen (secondary N) is 1. The monoisotopic (exact) mass is 219 g/mol. The molecule has 3 N–H and O–H groups in total. The van der Waals surface area contributed by atoms with Gasteiger partial charge < -0.3 is 15.5 Å². The molecule has 0 spiro atoms. The Morgan fingerprint density at radius 1 is 1.57 bits per heavy atom. The van der Waals surface area contributed by atoms with Crippen LogP contribution in [0.25, 0.3) is 0 Å². The van der Waals surface area contributed by atoms with Gasteiger partial charge in [0.05, 0.1) is 11.1 Å². The molecular formula is C9H11ClFNO2. The van der Waals surface area contributed by atoms with Gasteiger partial charge in [0.1, 0.15) is 0 Å². The van der Waals surface area contributed by atoms with E-state index in [1.165, 1.54) is 6.07 Å². The van der Waals surface area contributed by atoms with Gasteiger partial charge in [0.25, 0.3) is 0 Å². The van der Waals surface area contributed by atoms with Crippen molar-refractivity contribution in [1.29, 1.82) is 0 Å². The van der Waals surface area contributed by atoms with Crippen LogP contribution in [0.2, 0.25) is 5.02 Å². The van der Waals surface area contributed by atoms with Gasteiger partial charge in [0.15, 0.2) is 11.6 Å². The van der Waals surface area contributed by atoms with Gasteiger partial charge in [-0.1, -0.05) is 11.6 Å². The molecule has 3 nitrogen and oxygen atoms in total. The summed E-state index contributed by atoms with van der Waals surface area (Å²) >= 11 is 5.72. The molecule has 1 rings (SSSR count). The summed E-state index contributed by atoms with van der Waals surface area (Å²) in [6, 6.07) is 2.35. The topological polar surface area (TPSA) is 52.5 Å². The Labute approximate surface area is 86.1 Å². The summed E-state index contributed by atoms with van der Waals surface area (Å²) in [7, 11) is 1.63. The van der Waals surface area contributed by atoms with Gasteiger partial charge in [-0.2, -0.15) is 0 Å². The maximum atomic E-state index is 12.9. The molecular weight excluding hydrogens is 209 g/mol. The fourth-order valence-corrected chi connectivity index (χ4v) is 1.45. The summed E-state index contributed by atoms with van der Waals surface area (Å²) in [6.45, 7) is 0.191. The fourth-order valence-electron chi connectivity index (χ4n) is 1.17. The number of hydrogen-bond donors (Lipinski definition) is 3. The summed E-state index contributed by atoms with van der Waals surface area (Å²) in [5, 5.41) is 21.7. The van der Waals surface area contributed by atoms with Gasteiger partial charge in [-0.3, -0.25) is 0 Å². The van der Waals surface area contributed by atoms with Crippen LogP contribution >= 0.6 is 11.6 Å². The third-order valence-corrected chi connectivity index (χ3v) is 2.17. The first-order valence-electron chi connectivity index (χ1n) is 4.07. The minimum atomic E-state index is -1.02. The molecule has 1 aromatic rings. The van der Waals surface area contributed by atoms with Gasteiger partial charge in [-0.05, 0) is 19.2 Å². The standard InChI is InChI=1S/C9H11ClFNO2/c1-12-4-7(13)8-5(10)2-3-6(11)9(8)14/h2-3,7,12-14H,4H2,1H3. The third kappa shape index (κ3) is 2.15. The van der Waals surface area contributed by atoms with E-state index in [0.29, 0.717) is 0 Å². The number of aliphatic hydroxyl groups is 1. The molecule has 1 aromatic carbocycles. The van der Waals surface area contributed by atoms with Gasteiger partial charge in [-0.25, -0.2) is 4.39 Å². The molecule has 0 saturated carbocycles. The van der Waals surface area contributed by atoms with Crippen LogP contribution in [-0.2, 0) is 0 Å². The summed E-state index contributed by atoms with van der Waals surface area (Å²) in [5.41, 5.74) is 0.0148. The van der Waals surface area contributed by atoms with Crippen molar-refractivity contribution < 1.29 is 14.6 Å².